The molecular formula is C24H26N4O4. The predicted octanol–water partition coefficient (Wildman–Crippen LogP) is 2.99. The monoisotopic (exact) mass is 434 g/mol. The highest BCUT2D eigenvalue weighted by molar-refractivity contribution is 5.76. The van der Waals surface area contributed by atoms with Crippen molar-refractivity contribution in [3.05, 3.63) is 53.3 Å². The maximum Gasteiger partial charge on any atom is 0.290 e. The highest BCUT2D eigenvalue weighted by atomic mass is 16.5. The zero-order valence-corrected chi connectivity index (χ0v) is 18.0. The average Bonchev–Trinajstić information content (AvgIpc) is 3.33. The molecular weight excluding hydrogens is 408 g/mol. The van der Waals surface area contributed by atoms with Crippen LogP contribution in [0.25, 0.3) is 11.1 Å². The van der Waals surface area contributed by atoms with Crippen LogP contribution in [0, 0.1) is 16.7 Å². The van der Waals surface area contributed by atoms with E-state index in [4.69, 9.17) is 30.1 Å². The van der Waals surface area contributed by atoms with Gasteiger partial charge in [-0.25, -0.2) is 4.99 Å². The van der Waals surface area contributed by atoms with E-state index in [1.54, 1.807) is 19.5 Å². The Labute approximate surface area is 186 Å². The summed E-state index contributed by atoms with van der Waals surface area (Å²) in [6.07, 6.45) is 8.83. The Bertz CT molecular complexity index is 1090. The molecule has 2 spiro atoms. The molecule has 2 aromatic rings. The number of hydrogen-bond acceptors (Lipinski definition) is 7. The molecule has 1 saturated carbocycles. The summed E-state index contributed by atoms with van der Waals surface area (Å²) in [7, 11) is 1.80. The van der Waals surface area contributed by atoms with Crippen molar-refractivity contribution >= 4 is 12.5 Å². The fraction of sp³-hybridized carbons (Fsp3) is 0.417. The molecule has 166 valence electrons. The molecule has 0 amide bonds. The first-order valence-corrected chi connectivity index (χ1v) is 10.6. The number of benzene rings is 1. The second kappa shape index (κ2) is 8.60. The summed E-state index contributed by atoms with van der Waals surface area (Å²) < 4.78 is 11.4. The first-order chi connectivity index (χ1) is 15.5. The van der Waals surface area contributed by atoms with E-state index in [1.165, 1.54) is 11.1 Å². The lowest BCUT2D eigenvalue weighted by molar-refractivity contribution is -0.122. The number of nitrogens with zero attached hydrogens (tertiary/aromatic N) is 3. The normalized spacial score (nSPS) is 27.6. The lowest BCUT2D eigenvalue weighted by Crippen LogP contribution is -2.46. The maximum absolute atomic E-state index is 9.22. The van der Waals surface area contributed by atoms with E-state index in [2.05, 4.69) is 29.3 Å². The van der Waals surface area contributed by atoms with Gasteiger partial charge < -0.3 is 20.3 Å². The Kier molecular flexibility index (Phi) is 5.85. The van der Waals surface area contributed by atoms with E-state index >= 15 is 0 Å². The van der Waals surface area contributed by atoms with Crippen LogP contribution in [-0.2, 0) is 26.2 Å². The van der Waals surface area contributed by atoms with Crippen molar-refractivity contribution in [3.8, 4) is 17.2 Å². The van der Waals surface area contributed by atoms with Crippen LogP contribution < -0.4 is 5.73 Å². The van der Waals surface area contributed by atoms with Crippen molar-refractivity contribution < 1.29 is 19.4 Å². The quantitative estimate of drug-likeness (QED) is 0.695. The number of fused-ring (bicyclic) bond motifs is 3. The minimum Gasteiger partial charge on any atom is -0.483 e. The number of ether oxygens (including phenoxy) is 2. The lowest BCUT2D eigenvalue weighted by atomic mass is 9.62. The number of pyridine rings is 1. The van der Waals surface area contributed by atoms with E-state index in [0.29, 0.717) is 18.3 Å². The number of carboxylic acid groups (broad SMARTS) is 1. The maximum atomic E-state index is 9.22. The van der Waals surface area contributed by atoms with E-state index in [1.807, 2.05) is 6.07 Å². The second-order valence-corrected chi connectivity index (χ2v) is 8.54. The number of rotatable bonds is 2. The number of nitrogens with two attached hydrogens (primary N) is 1. The van der Waals surface area contributed by atoms with Crippen molar-refractivity contribution in [1.82, 2.24) is 4.98 Å². The third-order valence-electron chi connectivity index (χ3n) is 7.12. The zero-order valence-electron chi connectivity index (χ0n) is 18.0. The molecule has 5 rings (SSSR count). The molecule has 1 fully saturated rings. The van der Waals surface area contributed by atoms with Crippen LogP contribution in [-0.4, -0.2) is 42.4 Å². The number of aromatic nitrogens is 1. The van der Waals surface area contributed by atoms with Gasteiger partial charge in [-0.1, -0.05) is 12.1 Å². The predicted molar refractivity (Wildman–Crippen MR) is 118 cm³/mol. The molecule has 32 heavy (non-hydrogen) atoms. The first-order valence-electron chi connectivity index (χ1n) is 10.6. The molecule has 8 heteroatoms. The molecule has 2 aliphatic carbocycles. The molecule has 1 aromatic heterocycles. The fourth-order valence-electron chi connectivity index (χ4n) is 5.56. The van der Waals surface area contributed by atoms with Crippen molar-refractivity contribution in [2.24, 2.45) is 16.1 Å². The Morgan fingerprint density at radius 1 is 1.28 bits per heavy atom. The van der Waals surface area contributed by atoms with Gasteiger partial charge in [0.25, 0.3) is 12.5 Å². The minimum atomic E-state index is -0.443. The molecule has 2 heterocycles. The number of methoxy groups -OCH3 is 1. The van der Waals surface area contributed by atoms with Crippen molar-refractivity contribution in [2.45, 2.75) is 43.7 Å². The van der Waals surface area contributed by atoms with Gasteiger partial charge in [0.1, 0.15) is 18.2 Å². The topological polar surface area (TPSA) is 131 Å². The molecule has 3 aliphatic rings. The van der Waals surface area contributed by atoms with Gasteiger partial charge in [-0.05, 0) is 60.9 Å². The molecule has 1 atom stereocenters. The van der Waals surface area contributed by atoms with Crippen LogP contribution in [0.1, 0.15) is 42.4 Å². The SMILES string of the molecule is CO[C@H]1CC[C@]2(CC1)Cc1ccc(-c3cncc(C#N)c3)cc1[C@@]21COC(N)=N1.O=CO. The number of hydrogen-bond donors (Lipinski definition) is 2. The summed E-state index contributed by atoms with van der Waals surface area (Å²) >= 11 is 0. The Balaban J connectivity index is 0.000000775. The number of nitriles is 1. The van der Waals surface area contributed by atoms with Crippen LogP contribution >= 0.6 is 0 Å². The number of carbonyl (C=O) groups is 1. The van der Waals surface area contributed by atoms with E-state index in [-0.39, 0.29) is 17.9 Å². The van der Waals surface area contributed by atoms with E-state index in [9.17, 15) is 5.26 Å². The molecule has 1 aromatic carbocycles. The number of aliphatic imine (C=N–C) groups is 1. The van der Waals surface area contributed by atoms with Crippen LogP contribution in [0.2, 0.25) is 0 Å². The summed E-state index contributed by atoms with van der Waals surface area (Å²) in [4.78, 5) is 17.5. The largest absolute Gasteiger partial charge is 0.483 e. The molecule has 8 nitrogen and oxygen atoms in total. The van der Waals surface area contributed by atoms with Crippen molar-refractivity contribution in [3.63, 3.8) is 0 Å². The van der Waals surface area contributed by atoms with Crippen LogP contribution in [0.15, 0.2) is 41.7 Å². The van der Waals surface area contributed by atoms with E-state index < -0.39 is 5.54 Å². The standard InChI is InChI=1S/C23H24N4O2.CH2O2/c1-28-19-4-6-22(7-5-19)10-17-3-2-16(18-8-15(11-24)12-26-13-18)9-20(17)23(22)14-29-21(25)27-23;2-1-3/h2-3,8-9,12-13,19H,4-7,10,14H2,1H3,(H2,25,27);1H,(H,2,3)/t19-,22-,23-;/m0./s1. The van der Waals surface area contributed by atoms with Gasteiger partial charge in [0.05, 0.1) is 11.7 Å². The molecule has 0 unspecified atom stereocenters. The summed E-state index contributed by atoms with van der Waals surface area (Å²) in [6.45, 7) is 0.240. The average molecular weight is 434 g/mol. The summed E-state index contributed by atoms with van der Waals surface area (Å²) in [5.41, 5.74) is 10.6. The van der Waals surface area contributed by atoms with Gasteiger partial charge in [0.15, 0.2) is 0 Å². The van der Waals surface area contributed by atoms with E-state index in [0.717, 1.165) is 43.2 Å². The van der Waals surface area contributed by atoms with Gasteiger partial charge in [-0.3, -0.25) is 9.78 Å². The molecule has 3 N–H and O–H groups in total. The first kappa shape index (κ1) is 21.8. The third kappa shape index (κ3) is 3.49. The molecule has 1 aliphatic heterocycles. The van der Waals surface area contributed by atoms with Gasteiger partial charge in [0.2, 0.25) is 0 Å². The van der Waals surface area contributed by atoms with Crippen molar-refractivity contribution in [2.75, 3.05) is 13.7 Å². The van der Waals surface area contributed by atoms with Crippen LogP contribution in [0.3, 0.4) is 0 Å². The Hall–Kier alpha value is -3.44. The molecule has 0 radical (unpaired) electrons. The zero-order chi connectivity index (χ0) is 22.8. The highest BCUT2D eigenvalue weighted by Crippen LogP contribution is 2.61. The Morgan fingerprint density at radius 3 is 2.66 bits per heavy atom. The highest BCUT2D eigenvalue weighted by Gasteiger charge is 2.61. The third-order valence-corrected chi connectivity index (χ3v) is 7.12. The summed E-state index contributed by atoms with van der Waals surface area (Å²) in [6, 6.07) is 10.8. The van der Waals surface area contributed by atoms with Gasteiger partial charge in [-0.2, -0.15) is 5.26 Å². The second-order valence-electron chi connectivity index (χ2n) is 8.54. The van der Waals surface area contributed by atoms with Crippen LogP contribution in [0.4, 0.5) is 0 Å². The molecule has 0 bridgehead atoms. The van der Waals surface area contributed by atoms with Gasteiger partial charge >= 0.3 is 0 Å². The molecule has 0 saturated heterocycles. The summed E-state index contributed by atoms with van der Waals surface area (Å²) in [5.74, 6) is 0. The van der Waals surface area contributed by atoms with Crippen molar-refractivity contribution in [1.29, 1.82) is 5.26 Å². The van der Waals surface area contributed by atoms with Crippen LogP contribution in [0.5, 0.6) is 0 Å². The minimum absolute atomic E-state index is 0.0108. The fourth-order valence-corrected chi connectivity index (χ4v) is 5.56. The Morgan fingerprint density at radius 2 is 2.03 bits per heavy atom. The smallest absolute Gasteiger partial charge is 0.290 e. The van der Waals surface area contributed by atoms with Gasteiger partial charge in [-0.15, -0.1) is 0 Å². The lowest BCUT2D eigenvalue weighted by Gasteiger charge is -2.45. The summed E-state index contributed by atoms with van der Waals surface area (Å²) in [5, 5.41) is 16.1. The van der Waals surface area contributed by atoms with Gasteiger partial charge in [0, 0.05) is 30.5 Å². The number of amidine groups is 1.